The van der Waals surface area contributed by atoms with Gasteiger partial charge in [-0.05, 0) is 57.3 Å². The Morgan fingerprint density at radius 2 is 1.83 bits per heavy atom. The Morgan fingerprint density at radius 1 is 1.06 bits per heavy atom. The lowest BCUT2D eigenvalue weighted by molar-refractivity contribution is -0.133. The van der Waals surface area contributed by atoms with Crippen LogP contribution in [0.5, 0.6) is 0 Å². The molecule has 198 valence electrons. The van der Waals surface area contributed by atoms with Crippen LogP contribution in [0, 0.1) is 17.3 Å². The minimum absolute atomic E-state index is 0.0530. The molecule has 7 nitrogen and oxygen atoms in total. The smallest absolute Gasteiger partial charge is 0.243 e. The highest BCUT2D eigenvalue weighted by Gasteiger charge is 2.43. The van der Waals surface area contributed by atoms with Crippen LogP contribution in [0.25, 0.3) is 0 Å². The van der Waals surface area contributed by atoms with Gasteiger partial charge in [-0.2, -0.15) is 0 Å². The zero-order valence-electron chi connectivity index (χ0n) is 22.1. The molecule has 2 aliphatic rings. The molecule has 2 aliphatic heterocycles. The predicted molar refractivity (Wildman–Crippen MR) is 139 cm³/mol. The van der Waals surface area contributed by atoms with Gasteiger partial charge in [0.05, 0.1) is 11.5 Å². The highest BCUT2D eigenvalue weighted by Crippen LogP contribution is 2.36. The summed E-state index contributed by atoms with van der Waals surface area (Å²) >= 11 is 0. The van der Waals surface area contributed by atoms with Crippen LogP contribution < -0.4 is 16.0 Å². The molecule has 2 heterocycles. The molecule has 1 saturated heterocycles. The average Bonchev–Trinajstić information content (AvgIpc) is 3.17. The van der Waals surface area contributed by atoms with E-state index in [2.05, 4.69) is 29.0 Å². The topological polar surface area (TPSA) is 104 Å². The molecule has 0 radical (unpaired) electrons. The molecule has 0 saturated carbocycles. The Hall–Kier alpha value is -2.18. The van der Waals surface area contributed by atoms with E-state index in [4.69, 9.17) is 0 Å². The molecule has 7 heteroatoms. The maximum Gasteiger partial charge on any atom is 0.243 e. The summed E-state index contributed by atoms with van der Waals surface area (Å²) < 4.78 is 0. The van der Waals surface area contributed by atoms with Crippen LogP contribution in [0.1, 0.15) is 104 Å². The van der Waals surface area contributed by atoms with Gasteiger partial charge in [0.25, 0.3) is 0 Å². The summed E-state index contributed by atoms with van der Waals surface area (Å²) in [5, 5.41) is 8.76. The van der Waals surface area contributed by atoms with Crippen molar-refractivity contribution in [2.75, 3.05) is 6.54 Å². The van der Waals surface area contributed by atoms with Crippen molar-refractivity contribution in [3.05, 3.63) is 12.2 Å². The van der Waals surface area contributed by atoms with E-state index in [9.17, 15) is 19.2 Å². The molecule has 3 N–H and O–H groups in total. The normalized spacial score (nSPS) is 29.7. The van der Waals surface area contributed by atoms with E-state index in [1.165, 1.54) is 19.3 Å². The molecular weight excluding hydrogens is 442 g/mol. The van der Waals surface area contributed by atoms with Crippen molar-refractivity contribution in [2.24, 2.45) is 17.3 Å². The summed E-state index contributed by atoms with van der Waals surface area (Å²) in [5.41, 5.74) is -0.687. The largest absolute Gasteiger partial charge is 0.356 e. The first-order valence-electron chi connectivity index (χ1n) is 13.8. The second kappa shape index (κ2) is 15.0. The van der Waals surface area contributed by atoms with Crippen molar-refractivity contribution in [3.8, 4) is 0 Å². The van der Waals surface area contributed by atoms with Gasteiger partial charge in [-0.3, -0.25) is 14.4 Å². The number of unbranched alkanes of at least 4 members (excludes halogenated alkanes) is 4. The Morgan fingerprint density at radius 3 is 2.49 bits per heavy atom. The van der Waals surface area contributed by atoms with Gasteiger partial charge in [0.15, 0.2) is 0 Å². The van der Waals surface area contributed by atoms with Gasteiger partial charge in [0.2, 0.25) is 17.7 Å². The lowest BCUT2D eigenvalue weighted by Crippen LogP contribution is -2.53. The van der Waals surface area contributed by atoms with Crippen LogP contribution in [-0.4, -0.2) is 42.6 Å². The quantitative estimate of drug-likeness (QED) is 0.256. The van der Waals surface area contributed by atoms with Crippen LogP contribution in [-0.2, 0) is 19.2 Å². The van der Waals surface area contributed by atoms with E-state index < -0.39 is 17.5 Å². The number of hydrogen-bond donors (Lipinski definition) is 3. The van der Waals surface area contributed by atoms with Gasteiger partial charge in [-0.15, -0.1) is 0 Å². The van der Waals surface area contributed by atoms with Crippen LogP contribution >= 0.6 is 0 Å². The van der Waals surface area contributed by atoms with E-state index >= 15 is 0 Å². The lowest BCUT2D eigenvalue weighted by atomic mass is 9.77. The van der Waals surface area contributed by atoms with Crippen molar-refractivity contribution in [1.82, 2.24) is 16.0 Å². The molecule has 4 unspecified atom stereocenters. The van der Waals surface area contributed by atoms with Gasteiger partial charge in [-0.1, -0.05) is 65.0 Å². The predicted octanol–water partition coefficient (Wildman–Crippen LogP) is 4.20. The van der Waals surface area contributed by atoms with Crippen molar-refractivity contribution >= 4 is 24.0 Å². The van der Waals surface area contributed by atoms with E-state index in [0.717, 1.165) is 44.8 Å². The minimum Gasteiger partial charge on any atom is -0.356 e. The van der Waals surface area contributed by atoms with Crippen molar-refractivity contribution in [2.45, 2.75) is 116 Å². The number of carbonyl (C=O) groups is 4. The molecule has 4 atom stereocenters. The Kier molecular flexibility index (Phi) is 12.5. The number of amides is 3. The maximum absolute atomic E-state index is 13.3. The first kappa shape index (κ1) is 29.1. The summed E-state index contributed by atoms with van der Waals surface area (Å²) in [6, 6.07) is -1.46. The van der Waals surface area contributed by atoms with E-state index in [-0.39, 0.29) is 36.0 Å². The molecule has 2 rings (SSSR count). The third kappa shape index (κ3) is 9.42. The van der Waals surface area contributed by atoms with Crippen LogP contribution in [0.3, 0.4) is 0 Å². The Labute approximate surface area is 211 Å². The molecule has 35 heavy (non-hydrogen) atoms. The van der Waals surface area contributed by atoms with Gasteiger partial charge in [0, 0.05) is 12.5 Å². The second-order valence-electron chi connectivity index (χ2n) is 10.9. The first-order valence-corrected chi connectivity index (χ1v) is 13.8. The molecule has 0 aromatic heterocycles. The SMILES string of the molecule is CCCCCCCC1CCC/C=C/CC2(CCNC2=O)CC(C=O)NC(=O)C(CC(C)C)NC1=O. The third-order valence-electron chi connectivity index (χ3n) is 7.44. The molecule has 0 aromatic rings. The fourth-order valence-corrected chi connectivity index (χ4v) is 5.33. The molecule has 3 amide bonds. The number of hydrogen-bond acceptors (Lipinski definition) is 4. The standard InChI is InChI=1S/C28H47N3O4/c1-4-5-6-7-10-13-22-14-11-8-9-12-15-28(16-17-29-27(28)35)19-23(20-32)30-26(34)24(18-21(2)3)31-25(22)33/h9,12,20-24H,4-8,10-11,13-19H2,1-3H3,(H,29,35)(H,30,34)(H,31,33)/b12-9+. The number of aldehydes is 1. The van der Waals surface area contributed by atoms with Gasteiger partial charge >= 0.3 is 0 Å². The van der Waals surface area contributed by atoms with Crippen LogP contribution in [0.4, 0.5) is 0 Å². The molecule has 1 spiro atoms. The minimum atomic E-state index is -0.772. The Bertz CT molecular complexity index is 736. The summed E-state index contributed by atoms with van der Waals surface area (Å²) in [4.78, 5) is 51.2. The molecule has 1 fully saturated rings. The average molecular weight is 490 g/mol. The fourth-order valence-electron chi connectivity index (χ4n) is 5.33. The number of allylic oxidation sites excluding steroid dienone is 2. The zero-order chi connectivity index (χ0) is 25.7. The molecule has 0 bridgehead atoms. The zero-order valence-corrected chi connectivity index (χ0v) is 22.1. The van der Waals surface area contributed by atoms with Gasteiger partial charge < -0.3 is 20.7 Å². The molecule has 0 aliphatic carbocycles. The van der Waals surface area contributed by atoms with E-state index in [1.54, 1.807) is 0 Å². The summed E-state index contributed by atoms with van der Waals surface area (Å²) in [5.74, 6) is -0.375. The first-order chi connectivity index (χ1) is 16.8. The maximum atomic E-state index is 13.3. The molecular formula is C28H47N3O4. The third-order valence-corrected chi connectivity index (χ3v) is 7.44. The monoisotopic (exact) mass is 489 g/mol. The highest BCUT2D eigenvalue weighted by molar-refractivity contribution is 5.90. The van der Waals surface area contributed by atoms with Crippen LogP contribution in [0.15, 0.2) is 12.2 Å². The summed E-state index contributed by atoms with van der Waals surface area (Å²) in [6.07, 6.45) is 15.9. The van der Waals surface area contributed by atoms with Gasteiger partial charge in [-0.25, -0.2) is 0 Å². The van der Waals surface area contributed by atoms with Crippen molar-refractivity contribution in [1.29, 1.82) is 0 Å². The van der Waals surface area contributed by atoms with E-state index in [1.807, 2.05) is 19.9 Å². The van der Waals surface area contributed by atoms with E-state index in [0.29, 0.717) is 25.8 Å². The number of nitrogens with one attached hydrogen (secondary N) is 3. The van der Waals surface area contributed by atoms with Crippen molar-refractivity contribution < 1.29 is 19.2 Å². The van der Waals surface area contributed by atoms with Gasteiger partial charge in [0.1, 0.15) is 12.3 Å². The van der Waals surface area contributed by atoms with Crippen LogP contribution in [0.2, 0.25) is 0 Å². The summed E-state index contributed by atoms with van der Waals surface area (Å²) in [7, 11) is 0. The summed E-state index contributed by atoms with van der Waals surface area (Å²) in [6.45, 7) is 6.80. The Balaban J connectivity index is 2.21. The lowest BCUT2D eigenvalue weighted by Gasteiger charge is -2.29. The molecule has 0 aromatic carbocycles. The fraction of sp³-hybridized carbons (Fsp3) is 0.786. The van der Waals surface area contributed by atoms with Crippen molar-refractivity contribution in [3.63, 3.8) is 0 Å². The number of carbonyl (C=O) groups excluding carboxylic acids is 4. The highest BCUT2D eigenvalue weighted by atomic mass is 16.2. The second-order valence-corrected chi connectivity index (χ2v) is 10.9. The number of rotatable bonds is 9.